The molecule has 0 aromatic rings. The maximum absolute atomic E-state index is 12.1. The van der Waals surface area contributed by atoms with Gasteiger partial charge in [-0.2, -0.15) is 0 Å². The van der Waals surface area contributed by atoms with Gasteiger partial charge in [0.05, 0.1) is 13.5 Å². The maximum Gasteiger partial charge on any atom is 0.307 e. The van der Waals surface area contributed by atoms with Crippen molar-refractivity contribution >= 4 is 11.9 Å². The van der Waals surface area contributed by atoms with Crippen molar-refractivity contribution in [3.8, 4) is 0 Å². The molecule has 4 heteroatoms. The number of carbonyl (C=O) groups excluding carboxylic acids is 2. The first-order valence-electron chi connectivity index (χ1n) is 7.35. The third-order valence-electron chi connectivity index (χ3n) is 3.03. The molecule has 0 N–H and O–H groups in total. The fourth-order valence-corrected chi connectivity index (χ4v) is 1.90. The van der Waals surface area contributed by atoms with E-state index >= 15 is 0 Å². The number of unbranched alkanes of at least 4 members (excludes halogenated alkanes) is 3. The van der Waals surface area contributed by atoms with Crippen LogP contribution in [0.2, 0.25) is 0 Å². The average Bonchev–Trinajstić information content (AvgIpc) is 2.36. The fraction of sp³-hybridized carbons (Fsp3) is 0.867. The molecule has 0 unspecified atom stereocenters. The van der Waals surface area contributed by atoms with E-state index in [0.717, 1.165) is 19.4 Å². The minimum Gasteiger partial charge on any atom is -0.469 e. The Kier molecular flexibility index (Phi) is 10.2. The van der Waals surface area contributed by atoms with Crippen molar-refractivity contribution in [2.75, 3.05) is 20.2 Å². The number of hydrogen-bond acceptors (Lipinski definition) is 3. The first-order chi connectivity index (χ1) is 9.01. The van der Waals surface area contributed by atoms with Crippen LogP contribution < -0.4 is 0 Å². The Morgan fingerprint density at radius 1 is 1.11 bits per heavy atom. The molecule has 0 saturated carbocycles. The monoisotopic (exact) mass is 271 g/mol. The Bertz CT molecular complexity index is 264. The molecule has 0 aromatic carbocycles. The molecule has 0 aliphatic heterocycles. The van der Waals surface area contributed by atoms with Gasteiger partial charge in [-0.3, -0.25) is 9.59 Å². The van der Waals surface area contributed by atoms with Crippen LogP contribution in [0.15, 0.2) is 0 Å². The first-order valence-corrected chi connectivity index (χ1v) is 7.35. The van der Waals surface area contributed by atoms with Gasteiger partial charge in [-0.25, -0.2) is 0 Å². The van der Waals surface area contributed by atoms with E-state index in [9.17, 15) is 9.59 Å². The second-order valence-electron chi connectivity index (χ2n) is 5.37. The fourth-order valence-electron chi connectivity index (χ4n) is 1.90. The summed E-state index contributed by atoms with van der Waals surface area (Å²) >= 11 is 0. The van der Waals surface area contributed by atoms with E-state index in [1.165, 1.54) is 20.0 Å². The Labute approximate surface area is 117 Å². The molecular formula is C15H29NO3. The van der Waals surface area contributed by atoms with Crippen LogP contribution in [0.25, 0.3) is 0 Å². The zero-order valence-corrected chi connectivity index (χ0v) is 12.9. The minimum atomic E-state index is -0.254. The van der Waals surface area contributed by atoms with E-state index in [0.29, 0.717) is 18.9 Å². The molecular weight excluding hydrogens is 242 g/mol. The van der Waals surface area contributed by atoms with Crippen molar-refractivity contribution in [3.63, 3.8) is 0 Å². The normalized spacial score (nSPS) is 10.6. The molecule has 0 aliphatic rings. The standard InChI is InChI=1S/C15H29NO3/c1-5-6-7-8-10-16(11-9-15(18)19-4)14(17)12-13(2)3/h13H,5-12H2,1-4H3. The summed E-state index contributed by atoms with van der Waals surface area (Å²) in [5.41, 5.74) is 0. The summed E-state index contributed by atoms with van der Waals surface area (Å²) in [7, 11) is 1.38. The molecule has 112 valence electrons. The van der Waals surface area contributed by atoms with Crippen molar-refractivity contribution < 1.29 is 14.3 Å². The highest BCUT2D eigenvalue weighted by atomic mass is 16.5. The topological polar surface area (TPSA) is 46.6 Å². The van der Waals surface area contributed by atoms with Crippen LogP contribution >= 0.6 is 0 Å². The van der Waals surface area contributed by atoms with Gasteiger partial charge in [0.25, 0.3) is 0 Å². The maximum atomic E-state index is 12.1. The quantitative estimate of drug-likeness (QED) is 0.453. The van der Waals surface area contributed by atoms with Gasteiger partial charge in [-0.1, -0.05) is 40.0 Å². The lowest BCUT2D eigenvalue weighted by molar-refractivity contribution is -0.141. The molecule has 19 heavy (non-hydrogen) atoms. The summed E-state index contributed by atoms with van der Waals surface area (Å²) in [6.07, 6.45) is 5.37. The van der Waals surface area contributed by atoms with Gasteiger partial charge >= 0.3 is 5.97 Å². The van der Waals surface area contributed by atoms with Crippen LogP contribution in [0, 0.1) is 5.92 Å². The largest absolute Gasteiger partial charge is 0.469 e. The number of ether oxygens (including phenoxy) is 1. The van der Waals surface area contributed by atoms with Crippen LogP contribution in [0.5, 0.6) is 0 Å². The van der Waals surface area contributed by atoms with Crippen molar-refractivity contribution in [2.24, 2.45) is 5.92 Å². The van der Waals surface area contributed by atoms with Crippen molar-refractivity contribution in [3.05, 3.63) is 0 Å². The molecule has 0 rings (SSSR count). The van der Waals surface area contributed by atoms with Gasteiger partial charge in [0.1, 0.15) is 0 Å². The first kappa shape index (κ1) is 17.9. The third kappa shape index (κ3) is 9.51. The van der Waals surface area contributed by atoms with Crippen LogP contribution in [0.3, 0.4) is 0 Å². The smallest absolute Gasteiger partial charge is 0.307 e. The number of rotatable bonds is 10. The van der Waals surface area contributed by atoms with Crippen LogP contribution in [0.1, 0.15) is 59.3 Å². The summed E-state index contributed by atoms with van der Waals surface area (Å²) in [5.74, 6) is 0.245. The molecule has 0 atom stereocenters. The molecule has 1 amide bonds. The van der Waals surface area contributed by atoms with Gasteiger partial charge in [0.2, 0.25) is 5.91 Å². The van der Waals surface area contributed by atoms with Gasteiger partial charge in [0, 0.05) is 19.5 Å². The lowest BCUT2D eigenvalue weighted by Crippen LogP contribution is -2.34. The summed E-state index contributed by atoms with van der Waals surface area (Å²) < 4.78 is 4.63. The van der Waals surface area contributed by atoms with Gasteiger partial charge in [-0.05, 0) is 12.3 Å². The van der Waals surface area contributed by atoms with Gasteiger partial charge in [-0.15, -0.1) is 0 Å². The minimum absolute atomic E-state index is 0.149. The predicted octanol–water partition coefficient (Wildman–Crippen LogP) is 3.00. The SMILES string of the molecule is CCCCCCN(CCC(=O)OC)C(=O)CC(C)C. The second-order valence-corrected chi connectivity index (χ2v) is 5.37. The number of hydrogen-bond donors (Lipinski definition) is 0. The highest BCUT2D eigenvalue weighted by molar-refractivity contribution is 5.77. The van der Waals surface area contributed by atoms with Crippen LogP contribution in [-0.2, 0) is 14.3 Å². The Morgan fingerprint density at radius 3 is 2.32 bits per heavy atom. The molecule has 0 radical (unpaired) electrons. The third-order valence-corrected chi connectivity index (χ3v) is 3.03. The van der Waals surface area contributed by atoms with Crippen LogP contribution in [-0.4, -0.2) is 37.0 Å². The molecule has 4 nitrogen and oxygen atoms in total. The zero-order chi connectivity index (χ0) is 14.7. The molecule has 0 spiro atoms. The number of carbonyl (C=O) groups is 2. The van der Waals surface area contributed by atoms with Crippen LogP contribution in [0.4, 0.5) is 0 Å². The number of amides is 1. The molecule has 0 heterocycles. The Hall–Kier alpha value is -1.06. The number of methoxy groups -OCH3 is 1. The molecule has 0 aliphatic carbocycles. The van der Waals surface area contributed by atoms with Crippen molar-refractivity contribution in [1.82, 2.24) is 4.90 Å². The van der Waals surface area contributed by atoms with E-state index in [2.05, 4.69) is 11.7 Å². The second kappa shape index (κ2) is 10.8. The zero-order valence-electron chi connectivity index (χ0n) is 12.9. The van der Waals surface area contributed by atoms with Crippen molar-refractivity contribution in [1.29, 1.82) is 0 Å². The molecule has 0 fully saturated rings. The summed E-state index contributed by atoms with van der Waals surface area (Å²) in [5, 5.41) is 0. The van der Waals surface area contributed by atoms with E-state index in [-0.39, 0.29) is 18.3 Å². The lowest BCUT2D eigenvalue weighted by atomic mass is 10.1. The summed E-state index contributed by atoms with van der Waals surface area (Å²) in [6, 6.07) is 0. The molecule has 0 bridgehead atoms. The highest BCUT2D eigenvalue weighted by Crippen LogP contribution is 2.08. The Morgan fingerprint density at radius 2 is 1.79 bits per heavy atom. The molecule has 0 aromatic heterocycles. The highest BCUT2D eigenvalue weighted by Gasteiger charge is 2.15. The van der Waals surface area contributed by atoms with E-state index in [1.807, 2.05) is 18.7 Å². The Balaban J connectivity index is 4.20. The van der Waals surface area contributed by atoms with Gasteiger partial charge in [0.15, 0.2) is 0 Å². The van der Waals surface area contributed by atoms with E-state index in [1.54, 1.807) is 0 Å². The van der Waals surface area contributed by atoms with Crippen molar-refractivity contribution in [2.45, 2.75) is 59.3 Å². The number of nitrogens with zero attached hydrogens (tertiary/aromatic N) is 1. The van der Waals surface area contributed by atoms with Gasteiger partial charge < -0.3 is 9.64 Å². The average molecular weight is 271 g/mol. The van der Waals surface area contributed by atoms with E-state index in [4.69, 9.17) is 0 Å². The molecule has 0 saturated heterocycles. The lowest BCUT2D eigenvalue weighted by Gasteiger charge is -2.23. The summed E-state index contributed by atoms with van der Waals surface area (Å²) in [4.78, 5) is 25.1. The van der Waals surface area contributed by atoms with E-state index < -0.39 is 0 Å². The predicted molar refractivity (Wildman–Crippen MR) is 76.8 cm³/mol. The number of esters is 1. The summed E-state index contributed by atoms with van der Waals surface area (Å²) in [6.45, 7) is 7.47.